The standard InChI is InChI=1S/C16H23NO4/c1-9(2)14(16(19)20)17-13(18)8-21-15-11(4)6-10(3)7-12(15)5/h6-7,9,14H,8H2,1-5H3,(H,17,18)(H,19,20)/t14-/m0/s1. The van der Waals surface area contributed by atoms with Gasteiger partial charge in [-0.2, -0.15) is 0 Å². The summed E-state index contributed by atoms with van der Waals surface area (Å²) in [5, 5.41) is 11.5. The fraction of sp³-hybridized carbons (Fsp3) is 0.500. The van der Waals surface area contributed by atoms with Crippen LogP contribution in [0, 0.1) is 26.7 Å². The number of hydrogen-bond donors (Lipinski definition) is 2. The van der Waals surface area contributed by atoms with Crippen molar-refractivity contribution in [1.82, 2.24) is 5.32 Å². The maximum atomic E-state index is 11.8. The van der Waals surface area contributed by atoms with E-state index in [0.717, 1.165) is 16.7 Å². The van der Waals surface area contributed by atoms with Gasteiger partial charge in [0.05, 0.1) is 0 Å². The second-order valence-corrected chi connectivity index (χ2v) is 5.64. The molecule has 1 atom stereocenters. The summed E-state index contributed by atoms with van der Waals surface area (Å²) < 4.78 is 5.54. The van der Waals surface area contributed by atoms with Gasteiger partial charge in [-0.25, -0.2) is 4.79 Å². The van der Waals surface area contributed by atoms with Crippen molar-refractivity contribution in [2.24, 2.45) is 5.92 Å². The molecule has 21 heavy (non-hydrogen) atoms. The molecule has 0 aromatic heterocycles. The molecular weight excluding hydrogens is 270 g/mol. The first-order valence-corrected chi connectivity index (χ1v) is 6.95. The highest BCUT2D eigenvalue weighted by atomic mass is 16.5. The van der Waals surface area contributed by atoms with E-state index < -0.39 is 17.9 Å². The minimum atomic E-state index is -1.04. The van der Waals surface area contributed by atoms with Gasteiger partial charge in [0, 0.05) is 0 Å². The van der Waals surface area contributed by atoms with Gasteiger partial charge in [0.1, 0.15) is 11.8 Å². The van der Waals surface area contributed by atoms with Crippen molar-refractivity contribution in [1.29, 1.82) is 0 Å². The summed E-state index contributed by atoms with van der Waals surface area (Å²) in [6.45, 7) is 9.13. The van der Waals surface area contributed by atoms with Gasteiger partial charge in [0.15, 0.2) is 6.61 Å². The Morgan fingerprint density at radius 1 is 1.19 bits per heavy atom. The van der Waals surface area contributed by atoms with Crippen LogP contribution in [0.25, 0.3) is 0 Å². The second kappa shape index (κ2) is 7.11. The van der Waals surface area contributed by atoms with Crippen LogP contribution in [-0.4, -0.2) is 29.6 Å². The van der Waals surface area contributed by atoms with Crippen LogP contribution in [0.15, 0.2) is 12.1 Å². The Hall–Kier alpha value is -2.04. The Bertz CT molecular complexity index is 514. The van der Waals surface area contributed by atoms with Gasteiger partial charge in [0.2, 0.25) is 0 Å². The summed E-state index contributed by atoms with van der Waals surface area (Å²) in [4.78, 5) is 22.9. The zero-order chi connectivity index (χ0) is 16.2. The number of benzene rings is 1. The highest BCUT2D eigenvalue weighted by Crippen LogP contribution is 2.24. The van der Waals surface area contributed by atoms with Gasteiger partial charge < -0.3 is 15.2 Å². The first-order valence-electron chi connectivity index (χ1n) is 6.95. The topological polar surface area (TPSA) is 75.6 Å². The normalized spacial score (nSPS) is 12.1. The molecule has 0 aliphatic carbocycles. The molecule has 0 heterocycles. The quantitative estimate of drug-likeness (QED) is 0.843. The molecule has 1 aromatic rings. The Morgan fingerprint density at radius 3 is 2.14 bits per heavy atom. The third-order valence-corrected chi connectivity index (χ3v) is 3.20. The molecule has 0 saturated carbocycles. The van der Waals surface area contributed by atoms with E-state index in [2.05, 4.69) is 5.32 Å². The van der Waals surface area contributed by atoms with Crippen molar-refractivity contribution in [3.8, 4) is 5.75 Å². The largest absolute Gasteiger partial charge is 0.483 e. The summed E-state index contributed by atoms with van der Waals surface area (Å²) in [6, 6.07) is 3.06. The number of amides is 1. The number of carbonyl (C=O) groups excluding carboxylic acids is 1. The molecule has 0 saturated heterocycles. The van der Waals surface area contributed by atoms with E-state index in [1.807, 2.05) is 32.9 Å². The van der Waals surface area contributed by atoms with E-state index >= 15 is 0 Å². The van der Waals surface area contributed by atoms with E-state index in [9.17, 15) is 9.59 Å². The van der Waals surface area contributed by atoms with Gasteiger partial charge in [-0.1, -0.05) is 31.5 Å². The van der Waals surface area contributed by atoms with Crippen molar-refractivity contribution in [2.75, 3.05) is 6.61 Å². The molecule has 5 nitrogen and oxygen atoms in total. The molecule has 5 heteroatoms. The number of nitrogens with one attached hydrogen (secondary N) is 1. The van der Waals surface area contributed by atoms with Crippen LogP contribution in [0.3, 0.4) is 0 Å². The molecule has 0 aliphatic heterocycles. The summed E-state index contributed by atoms with van der Waals surface area (Å²) in [5.74, 6) is -0.988. The summed E-state index contributed by atoms with van der Waals surface area (Å²) >= 11 is 0. The molecule has 0 aliphatic rings. The van der Waals surface area contributed by atoms with Crippen molar-refractivity contribution >= 4 is 11.9 Å². The average Bonchev–Trinajstić information content (AvgIpc) is 2.33. The summed E-state index contributed by atoms with van der Waals surface area (Å²) in [5.41, 5.74) is 3.05. The SMILES string of the molecule is Cc1cc(C)c(OCC(=O)N[C@H](C(=O)O)C(C)C)c(C)c1. The lowest BCUT2D eigenvalue weighted by atomic mass is 10.1. The van der Waals surface area contributed by atoms with Crippen LogP contribution >= 0.6 is 0 Å². The number of ether oxygens (including phenoxy) is 1. The first kappa shape index (κ1) is 17.0. The summed E-state index contributed by atoms with van der Waals surface area (Å²) in [7, 11) is 0. The number of carboxylic acids is 1. The predicted octanol–water partition coefficient (Wildman–Crippen LogP) is 2.22. The fourth-order valence-corrected chi connectivity index (χ4v) is 2.26. The number of aliphatic carboxylic acids is 1. The minimum Gasteiger partial charge on any atom is -0.483 e. The molecule has 1 rings (SSSR count). The Balaban J connectivity index is 2.67. The van der Waals surface area contributed by atoms with E-state index in [0.29, 0.717) is 5.75 Å². The molecule has 1 aromatic carbocycles. The summed E-state index contributed by atoms with van der Waals surface area (Å²) in [6.07, 6.45) is 0. The van der Waals surface area contributed by atoms with Crippen molar-refractivity contribution < 1.29 is 19.4 Å². The lowest BCUT2D eigenvalue weighted by molar-refractivity contribution is -0.143. The van der Waals surface area contributed by atoms with Gasteiger partial charge in [-0.05, 0) is 37.8 Å². The molecular formula is C16H23NO4. The molecule has 0 spiro atoms. The van der Waals surface area contributed by atoms with Crippen molar-refractivity contribution in [3.05, 3.63) is 28.8 Å². The Labute approximate surface area is 125 Å². The minimum absolute atomic E-state index is 0.186. The monoisotopic (exact) mass is 293 g/mol. The molecule has 2 N–H and O–H groups in total. The molecule has 0 fully saturated rings. The highest BCUT2D eigenvalue weighted by Gasteiger charge is 2.23. The zero-order valence-corrected chi connectivity index (χ0v) is 13.2. The predicted molar refractivity (Wildman–Crippen MR) is 80.6 cm³/mol. The van der Waals surface area contributed by atoms with Gasteiger partial charge in [-0.15, -0.1) is 0 Å². The average molecular weight is 293 g/mol. The molecule has 0 unspecified atom stereocenters. The van der Waals surface area contributed by atoms with Crippen LogP contribution < -0.4 is 10.1 Å². The van der Waals surface area contributed by atoms with Gasteiger partial charge in [0.25, 0.3) is 5.91 Å². The van der Waals surface area contributed by atoms with Crippen molar-refractivity contribution in [2.45, 2.75) is 40.7 Å². The van der Waals surface area contributed by atoms with Gasteiger partial charge >= 0.3 is 5.97 Å². The van der Waals surface area contributed by atoms with E-state index in [-0.39, 0.29) is 12.5 Å². The number of carbonyl (C=O) groups is 2. The molecule has 116 valence electrons. The lowest BCUT2D eigenvalue weighted by Gasteiger charge is -2.18. The highest BCUT2D eigenvalue weighted by molar-refractivity contribution is 5.84. The number of hydrogen-bond acceptors (Lipinski definition) is 3. The molecule has 0 bridgehead atoms. The maximum Gasteiger partial charge on any atom is 0.326 e. The fourth-order valence-electron chi connectivity index (χ4n) is 2.26. The second-order valence-electron chi connectivity index (χ2n) is 5.64. The Kier molecular flexibility index (Phi) is 5.76. The smallest absolute Gasteiger partial charge is 0.326 e. The van der Waals surface area contributed by atoms with Crippen LogP contribution in [0.5, 0.6) is 5.75 Å². The third kappa shape index (κ3) is 4.77. The zero-order valence-electron chi connectivity index (χ0n) is 13.2. The van der Waals surface area contributed by atoms with Gasteiger partial charge in [-0.3, -0.25) is 4.79 Å². The Morgan fingerprint density at radius 2 is 1.71 bits per heavy atom. The maximum absolute atomic E-state index is 11.8. The molecule has 0 radical (unpaired) electrons. The van der Waals surface area contributed by atoms with E-state index in [1.165, 1.54) is 0 Å². The lowest BCUT2D eigenvalue weighted by Crippen LogP contribution is -2.46. The first-order chi connectivity index (χ1) is 9.72. The van der Waals surface area contributed by atoms with Crippen LogP contribution in [0.1, 0.15) is 30.5 Å². The van der Waals surface area contributed by atoms with Crippen LogP contribution in [-0.2, 0) is 9.59 Å². The number of aryl methyl sites for hydroxylation is 3. The molecule has 1 amide bonds. The van der Waals surface area contributed by atoms with E-state index in [1.54, 1.807) is 13.8 Å². The van der Waals surface area contributed by atoms with Crippen LogP contribution in [0.4, 0.5) is 0 Å². The number of carboxylic acid groups (broad SMARTS) is 1. The van der Waals surface area contributed by atoms with Crippen molar-refractivity contribution in [3.63, 3.8) is 0 Å². The van der Waals surface area contributed by atoms with E-state index in [4.69, 9.17) is 9.84 Å². The number of rotatable bonds is 6. The third-order valence-electron chi connectivity index (χ3n) is 3.20. The van der Waals surface area contributed by atoms with Crippen LogP contribution in [0.2, 0.25) is 0 Å².